The summed E-state index contributed by atoms with van der Waals surface area (Å²) in [4.78, 5) is 27.9. The molecule has 0 spiro atoms. The largest absolute Gasteiger partial charge is 0.507 e. The number of nitrogens with zero attached hydrogens (tertiary/aromatic N) is 1. The smallest absolute Gasteiger partial charge is 0.295 e. The van der Waals surface area contributed by atoms with E-state index in [0.29, 0.717) is 17.9 Å². The first-order chi connectivity index (χ1) is 16.5. The molecule has 1 aliphatic rings. The van der Waals surface area contributed by atoms with E-state index < -0.39 is 17.7 Å². The van der Waals surface area contributed by atoms with E-state index in [1.807, 2.05) is 67.6 Å². The second-order valence-electron chi connectivity index (χ2n) is 8.55. The number of benzene rings is 3. The van der Waals surface area contributed by atoms with Gasteiger partial charge in [0.15, 0.2) is 0 Å². The first-order valence-corrected chi connectivity index (χ1v) is 11.6. The van der Waals surface area contributed by atoms with Crippen molar-refractivity contribution < 1.29 is 19.4 Å². The number of rotatable bonds is 8. The van der Waals surface area contributed by atoms with Gasteiger partial charge in [0.2, 0.25) is 0 Å². The van der Waals surface area contributed by atoms with Crippen LogP contribution in [-0.4, -0.2) is 28.3 Å². The third kappa shape index (κ3) is 4.88. The molecule has 1 unspecified atom stereocenters. The first-order valence-electron chi connectivity index (χ1n) is 11.6. The van der Waals surface area contributed by atoms with Crippen molar-refractivity contribution in [3.05, 3.63) is 107 Å². The molecule has 0 bridgehead atoms. The Hall–Kier alpha value is -3.86. The van der Waals surface area contributed by atoms with E-state index in [0.717, 1.165) is 29.5 Å². The number of amides is 1. The summed E-state index contributed by atoms with van der Waals surface area (Å²) in [6, 6.07) is 23.6. The Balaban J connectivity index is 1.78. The highest BCUT2D eigenvalue weighted by Crippen LogP contribution is 2.40. The van der Waals surface area contributed by atoms with Gasteiger partial charge in [0.25, 0.3) is 11.7 Å². The molecule has 1 saturated heterocycles. The highest BCUT2D eigenvalue weighted by molar-refractivity contribution is 6.46. The van der Waals surface area contributed by atoms with Crippen LogP contribution in [0.25, 0.3) is 5.76 Å². The van der Waals surface area contributed by atoms with Crippen molar-refractivity contribution in [2.45, 2.75) is 39.3 Å². The van der Waals surface area contributed by atoms with Crippen molar-refractivity contribution in [2.75, 3.05) is 6.61 Å². The fraction of sp³-hybridized carbons (Fsp3) is 0.241. The maximum atomic E-state index is 13.2. The van der Waals surface area contributed by atoms with Crippen LogP contribution in [0.3, 0.4) is 0 Å². The van der Waals surface area contributed by atoms with Crippen LogP contribution >= 0.6 is 0 Å². The molecule has 0 aromatic heterocycles. The maximum Gasteiger partial charge on any atom is 0.295 e. The first kappa shape index (κ1) is 23.3. The van der Waals surface area contributed by atoms with Gasteiger partial charge in [0.05, 0.1) is 18.2 Å². The molecule has 34 heavy (non-hydrogen) atoms. The van der Waals surface area contributed by atoms with Crippen LogP contribution < -0.4 is 4.74 Å². The third-order valence-corrected chi connectivity index (χ3v) is 6.00. The number of ether oxygens (including phenoxy) is 1. The number of aliphatic hydroxyl groups excluding tert-OH is 1. The summed E-state index contributed by atoms with van der Waals surface area (Å²) < 4.78 is 5.78. The minimum atomic E-state index is -0.689. The van der Waals surface area contributed by atoms with Crippen LogP contribution in [-0.2, 0) is 16.1 Å². The number of carbonyl (C=O) groups excluding carboxylic acids is 2. The van der Waals surface area contributed by atoms with Crippen LogP contribution in [0.5, 0.6) is 5.75 Å². The molecular weight excluding hydrogens is 426 g/mol. The Kier molecular flexibility index (Phi) is 7.12. The molecule has 0 saturated carbocycles. The summed E-state index contributed by atoms with van der Waals surface area (Å²) in [7, 11) is 0. The van der Waals surface area contributed by atoms with Crippen molar-refractivity contribution in [3.63, 3.8) is 0 Å². The summed E-state index contributed by atoms with van der Waals surface area (Å²) in [6.45, 7) is 4.91. The lowest BCUT2D eigenvalue weighted by Gasteiger charge is -2.25. The van der Waals surface area contributed by atoms with Crippen molar-refractivity contribution in [1.29, 1.82) is 0 Å². The van der Waals surface area contributed by atoms with Crippen LogP contribution in [0, 0.1) is 6.92 Å². The van der Waals surface area contributed by atoms with Gasteiger partial charge in [-0.15, -0.1) is 0 Å². The zero-order valence-corrected chi connectivity index (χ0v) is 19.5. The molecule has 1 aliphatic heterocycles. The molecule has 174 valence electrons. The molecule has 3 aromatic carbocycles. The molecule has 1 heterocycles. The van der Waals surface area contributed by atoms with Crippen molar-refractivity contribution in [2.24, 2.45) is 0 Å². The number of aliphatic hydroxyl groups is 1. The minimum Gasteiger partial charge on any atom is -0.507 e. The maximum absolute atomic E-state index is 13.2. The van der Waals surface area contributed by atoms with Crippen molar-refractivity contribution in [1.82, 2.24) is 4.90 Å². The number of ketones is 1. The van der Waals surface area contributed by atoms with Gasteiger partial charge in [0, 0.05) is 12.1 Å². The van der Waals surface area contributed by atoms with Gasteiger partial charge in [-0.1, -0.05) is 85.6 Å². The van der Waals surface area contributed by atoms with Crippen LogP contribution in [0.2, 0.25) is 0 Å². The van der Waals surface area contributed by atoms with E-state index in [1.54, 1.807) is 18.2 Å². The minimum absolute atomic E-state index is 0.0930. The molecule has 5 heteroatoms. The lowest BCUT2D eigenvalue weighted by Crippen LogP contribution is -2.29. The Labute approximate surface area is 200 Å². The number of aryl methyl sites for hydroxylation is 1. The molecule has 1 N–H and O–H groups in total. The van der Waals surface area contributed by atoms with E-state index in [2.05, 4.69) is 6.92 Å². The highest BCUT2D eigenvalue weighted by atomic mass is 16.5. The van der Waals surface area contributed by atoms with Gasteiger partial charge in [-0.05, 0) is 36.6 Å². The molecule has 0 radical (unpaired) electrons. The SMILES string of the molecule is CCCCOc1cccc(/C(O)=C2\C(=O)C(=O)N(Cc3ccccc3)C2c2ccc(C)cc2)c1. The topological polar surface area (TPSA) is 66.8 Å². The Morgan fingerprint density at radius 2 is 1.71 bits per heavy atom. The number of carbonyl (C=O) groups is 2. The number of hydrogen-bond acceptors (Lipinski definition) is 4. The predicted molar refractivity (Wildman–Crippen MR) is 132 cm³/mol. The van der Waals surface area contributed by atoms with Crippen LogP contribution in [0.1, 0.15) is 48.1 Å². The number of likely N-dealkylation sites (tertiary alicyclic amines) is 1. The van der Waals surface area contributed by atoms with Gasteiger partial charge in [-0.3, -0.25) is 9.59 Å². The van der Waals surface area contributed by atoms with Gasteiger partial charge in [-0.25, -0.2) is 0 Å². The fourth-order valence-corrected chi connectivity index (χ4v) is 4.14. The van der Waals surface area contributed by atoms with E-state index in [-0.39, 0.29) is 17.9 Å². The lowest BCUT2D eigenvalue weighted by molar-refractivity contribution is -0.140. The van der Waals surface area contributed by atoms with Crippen molar-refractivity contribution in [3.8, 4) is 5.75 Å². The molecule has 1 amide bonds. The molecule has 4 rings (SSSR count). The van der Waals surface area contributed by atoms with Crippen LogP contribution in [0.15, 0.2) is 84.4 Å². The zero-order valence-electron chi connectivity index (χ0n) is 19.5. The average molecular weight is 456 g/mol. The van der Waals surface area contributed by atoms with E-state index in [4.69, 9.17) is 4.74 Å². The van der Waals surface area contributed by atoms with E-state index in [9.17, 15) is 14.7 Å². The standard InChI is InChI=1S/C29H29NO4/c1-3-4-17-34-24-12-8-11-23(18-24)27(31)25-26(22-15-13-20(2)14-16-22)30(29(33)28(25)32)19-21-9-6-5-7-10-21/h5-16,18,26,31H,3-4,17,19H2,1-2H3/b27-25+. The average Bonchev–Trinajstić information content (AvgIpc) is 3.10. The van der Waals surface area contributed by atoms with Gasteiger partial charge in [-0.2, -0.15) is 0 Å². The fourth-order valence-electron chi connectivity index (χ4n) is 4.14. The van der Waals surface area contributed by atoms with Gasteiger partial charge >= 0.3 is 0 Å². The highest BCUT2D eigenvalue weighted by Gasteiger charge is 2.46. The molecule has 1 atom stereocenters. The van der Waals surface area contributed by atoms with E-state index in [1.165, 1.54) is 4.90 Å². The Bertz CT molecular complexity index is 1200. The number of hydrogen-bond donors (Lipinski definition) is 1. The van der Waals surface area contributed by atoms with Gasteiger partial charge < -0.3 is 14.7 Å². The summed E-state index contributed by atoms with van der Waals surface area (Å²) >= 11 is 0. The summed E-state index contributed by atoms with van der Waals surface area (Å²) in [6.07, 6.45) is 1.94. The second kappa shape index (κ2) is 10.4. The third-order valence-electron chi connectivity index (χ3n) is 6.00. The predicted octanol–water partition coefficient (Wildman–Crippen LogP) is 5.80. The molecule has 0 aliphatic carbocycles. The van der Waals surface area contributed by atoms with Crippen molar-refractivity contribution >= 4 is 17.4 Å². The van der Waals surface area contributed by atoms with E-state index >= 15 is 0 Å². The zero-order chi connectivity index (χ0) is 24.1. The number of Topliss-reactive ketones (excluding diaryl/α,β-unsaturated/α-hetero) is 1. The second-order valence-corrected chi connectivity index (χ2v) is 8.55. The Morgan fingerprint density at radius 3 is 2.41 bits per heavy atom. The number of unbranched alkanes of at least 4 members (excludes halogenated alkanes) is 1. The summed E-state index contributed by atoms with van der Waals surface area (Å²) in [5.74, 6) is -0.883. The summed E-state index contributed by atoms with van der Waals surface area (Å²) in [5, 5.41) is 11.3. The lowest BCUT2D eigenvalue weighted by atomic mass is 9.94. The summed E-state index contributed by atoms with van der Waals surface area (Å²) in [5.41, 5.74) is 3.30. The quantitative estimate of drug-likeness (QED) is 0.202. The molecule has 1 fully saturated rings. The van der Waals surface area contributed by atoms with Crippen LogP contribution in [0.4, 0.5) is 0 Å². The Morgan fingerprint density at radius 1 is 0.971 bits per heavy atom. The molecule has 5 nitrogen and oxygen atoms in total. The normalized spacial score (nSPS) is 17.2. The molecular formula is C29H29NO4. The van der Waals surface area contributed by atoms with Gasteiger partial charge in [0.1, 0.15) is 11.5 Å². The molecule has 3 aromatic rings. The monoisotopic (exact) mass is 455 g/mol.